The van der Waals surface area contributed by atoms with Crippen molar-refractivity contribution < 1.29 is 4.42 Å². The molecule has 3 heteroatoms. The summed E-state index contributed by atoms with van der Waals surface area (Å²) in [5.41, 5.74) is 2.36. The van der Waals surface area contributed by atoms with Gasteiger partial charge in [0.05, 0.1) is 6.54 Å². The van der Waals surface area contributed by atoms with Gasteiger partial charge < -0.3 is 9.73 Å². The van der Waals surface area contributed by atoms with Crippen molar-refractivity contribution in [1.29, 1.82) is 0 Å². The highest BCUT2D eigenvalue weighted by atomic mass is 79.9. The molecule has 0 radical (unpaired) electrons. The minimum atomic E-state index is 0.656. The van der Waals surface area contributed by atoms with Gasteiger partial charge in [-0.05, 0) is 55.2 Å². The molecule has 1 heterocycles. The van der Waals surface area contributed by atoms with E-state index in [2.05, 4.69) is 65.4 Å². The van der Waals surface area contributed by atoms with Crippen LogP contribution in [0.5, 0.6) is 0 Å². The van der Waals surface area contributed by atoms with Crippen molar-refractivity contribution in [2.45, 2.75) is 32.7 Å². The second kappa shape index (κ2) is 5.04. The Kier molecular flexibility index (Phi) is 3.40. The first kappa shape index (κ1) is 12.8. The number of halogens is 1. The monoisotopic (exact) mass is 319 g/mol. The lowest BCUT2D eigenvalue weighted by Crippen LogP contribution is -1.98. The number of hydrogen-bond donors (Lipinski definition) is 1. The maximum absolute atomic E-state index is 5.88. The van der Waals surface area contributed by atoms with Gasteiger partial charge in [-0.25, -0.2) is 0 Å². The number of aryl methyl sites for hydroxylation is 1. The summed E-state index contributed by atoms with van der Waals surface area (Å²) in [6, 6.07) is 10.5. The molecule has 2 nitrogen and oxygen atoms in total. The molecule has 19 heavy (non-hydrogen) atoms. The quantitative estimate of drug-likeness (QED) is 0.849. The third kappa shape index (κ3) is 2.86. The Morgan fingerprint density at radius 2 is 2.11 bits per heavy atom. The third-order valence-electron chi connectivity index (χ3n) is 3.78. The van der Waals surface area contributed by atoms with Gasteiger partial charge in [0, 0.05) is 16.1 Å². The largest absolute Gasteiger partial charge is 0.464 e. The van der Waals surface area contributed by atoms with E-state index in [0.717, 1.165) is 34.1 Å². The number of furan rings is 1. The Balaban J connectivity index is 1.62. The van der Waals surface area contributed by atoms with Crippen LogP contribution in [0.3, 0.4) is 0 Å². The molecule has 0 bridgehead atoms. The average Bonchev–Trinajstić information content (AvgIpc) is 2.94. The fraction of sp³-hybridized carbons (Fsp3) is 0.375. The summed E-state index contributed by atoms with van der Waals surface area (Å²) >= 11 is 3.51. The molecule has 0 amide bonds. The predicted molar refractivity (Wildman–Crippen MR) is 81.4 cm³/mol. The first-order valence-electron chi connectivity index (χ1n) is 6.72. The van der Waals surface area contributed by atoms with Crippen LogP contribution in [0, 0.1) is 12.8 Å². The van der Waals surface area contributed by atoms with Gasteiger partial charge in [0.25, 0.3) is 0 Å². The van der Waals surface area contributed by atoms with Gasteiger partial charge >= 0.3 is 0 Å². The van der Waals surface area contributed by atoms with E-state index in [1.54, 1.807) is 0 Å². The maximum atomic E-state index is 5.88. The summed E-state index contributed by atoms with van der Waals surface area (Å²) in [6.07, 6.45) is 1.27. The van der Waals surface area contributed by atoms with Crippen molar-refractivity contribution in [1.82, 2.24) is 0 Å². The second-order valence-electron chi connectivity index (χ2n) is 5.44. The predicted octanol–water partition coefficient (Wildman–Crippen LogP) is 5.09. The van der Waals surface area contributed by atoms with Crippen LogP contribution in [0.15, 0.2) is 39.2 Å². The van der Waals surface area contributed by atoms with Crippen molar-refractivity contribution in [3.63, 3.8) is 0 Å². The molecule has 2 unspecified atom stereocenters. The molecular formula is C16H18BrNO. The topological polar surface area (TPSA) is 25.2 Å². The van der Waals surface area contributed by atoms with Crippen LogP contribution in [0.4, 0.5) is 5.69 Å². The van der Waals surface area contributed by atoms with E-state index in [-0.39, 0.29) is 0 Å². The summed E-state index contributed by atoms with van der Waals surface area (Å²) < 4.78 is 7.02. The molecule has 1 aliphatic rings. The highest BCUT2D eigenvalue weighted by Crippen LogP contribution is 2.47. The van der Waals surface area contributed by atoms with Crippen molar-refractivity contribution in [3.8, 4) is 0 Å². The molecule has 1 aromatic heterocycles. The Morgan fingerprint density at radius 1 is 1.32 bits per heavy atom. The normalized spacial score (nSPS) is 21.4. The number of benzene rings is 1. The van der Waals surface area contributed by atoms with E-state index < -0.39 is 0 Å². The zero-order valence-corrected chi connectivity index (χ0v) is 12.8. The fourth-order valence-corrected chi connectivity index (χ4v) is 2.60. The highest BCUT2D eigenvalue weighted by Gasteiger charge is 2.36. The molecule has 0 spiro atoms. The van der Waals surface area contributed by atoms with E-state index in [4.69, 9.17) is 4.42 Å². The summed E-state index contributed by atoms with van der Waals surface area (Å²) in [7, 11) is 0. The second-order valence-corrected chi connectivity index (χ2v) is 6.30. The first-order chi connectivity index (χ1) is 9.13. The lowest BCUT2D eigenvalue weighted by molar-refractivity contribution is 0.468. The van der Waals surface area contributed by atoms with Crippen LogP contribution in [0.1, 0.15) is 36.3 Å². The van der Waals surface area contributed by atoms with Gasteiger partial charge in [0.15, 0.2) is 0 Å². The molecule has 0 saturated heterocycles. The molecule has 2 aromatic rings. The SMILES string of the molecule is Cc1cc(NCc2ccc(C3CC3C)o2)ccc1Br. The number of nitrogens with one attached hydrogen (secondary N) is 1. The van der Waals surface area contributed by atoms with Gasteiger partial charge in [-0.3, -0.25) is 0 Å². The lowest BCUT2D eigenvalue weighted by Gasteiger charge is -2.06. The zero-order valence-electron chi connectivity index (χ0n) is 11.2. The molecular weight excluding hydrogens is 302 g/mol. The molecule has 1 N–H and O–H groups in total. The van der Waals surface area contributed by atoms with E-state index in [9.17, 15) is 0 Å². The Hall–Kier alpha value is -1.22. The third-order valence-corrected chi connectivity index (χ3v) is 4.67. The van der Waals surface area contributed by atoms with E-state index in [1.165, 1.54) is 12.0 Å². The smallest absolute Gasteiger partial charge is 0.123 e. The summed E-state index contributed by atoms with van der Waals surface area (Å²) in [5.74, 6) is 3.61. The van der Waals surface area contributed by atoms with Gasteiger partial charge in [0.2, 0.25) is 0 Å². The van der Waals surface area contributed by atoms with Crippen molar-refractivity contribution in [2.75, 3.05) is 5.32 Å². The van der Waals surface area contributed by atoms with Gasteiger partial charge in [-0.15, -0.1) is 0 Å². The Bertz CT molecular complexity index is 590. The van der Waals surface area contributed by atoms with Crippen LogP contribution in [-0.2, 0) is 6.54 Å². The van der Waals surface area contributed by atoms with Crippen molar-refractivity contribution in [3.05, 3.63) is 51.9 Å². The van der Waals surface area contributed by atoms with E-state index in [0.29, 0.717) is 5.92 Å². The van der Waals surface area contributed by atoms with Gasteiger partial charge in [0.1, 0.15) is 11.5 Å². The summed E-state index contributed by atoms with van der Waals surface area (Å²) in [5, 5.41) is 3.40. The molecule has 1 fully saturated rings. The molecule has 0 aliphatic heterocycles. The maximum Gasteiger partial charge on any atom is 0.123 e. The molecule has 1 aromatic carbocycles. The first-order valence-corrected chi connectivity index (χ1v) is 7.51. The van der Waals surface area contributed by atoms with Crippen LogP contribution >= 0.6 is 15.9 Å². The van der Waals surface area contributed by atoms with E-state index in [1.807, 2.05) is 0 Å². The average molecular weight is 320 g/mol. The highest BCUT2D eigenvalue weighted by molar-refractivity contribution is 9.10. The van der Waals surface area contributed by atoms with Crippen LogP contribution in [0.25, 0.3) is 0 Å². The molecule has 100 valence electrons. The standard InChI is InChI=1S/C16H18BrNO/c1-10-8-14(10)16-6-4-13(19-16)9-18-12-3-5-15(17)11(2)7-12/h3-7,10,14,18H,8-9H2,1-2H3. The zero-order chi connectivity index (χ0) is 13.4. The molecule has 1 saturated carbocycles. The number of rotatable bonds is 4. The minimum absolute atomic E-state index is 0.656. The summed E-state index contributed by atoms with van der Waals surface area (Å²) in [4.78, 5) is 0. The Labute approximate surface area is 122 Å². The van der Waals surface area contributed by atoms with E-state index >= 15 is 0 Å². The molecule has 3 rings (SSSR count). The van der Waals surface area contributed by atoms with Crippen molar-refractivity contribution in [2.24, 2.45) is 5.92 Å². The summed E-state index contributed by atoms with van der Waals surface area (Å²) in [6.45, 7) is 5.10. The molecule has 1 aliphatic carbocycles. The number of anilines is 1. The molecule has 2 atom stereocenters. The van der Waals surface area contributed by atoms with Crippen molar-refractivity contribution >= 4 is 21.6 Å². The van der Waals surface area contributed by atoms with Gasteiger partial charge in [-0.2, -0.15) is 0 Å². The van der Waals surface area contributed by atoms with Crippen LogP contribution in [0.2, 0.25) is 0 Å². The lowest BCUT2D eigenvalue weighted by atomic mass is 10.2. The van der Waals surface area contributed by atoms with Crippen LogP contribution in [-0.4, -0.2) is 0 Å². The Morgan fingerprint density at radius 3 is 2.79 bits per heavy atom. The van der Waals surface area contributed by atoms with Crippen LogP contribution < -0.4 is 5.32 Å². The number of hydrogen-bond acceptors (Lipinski definition) is 2. The van der Waals surface area contributed by atoms with Gasteiger partial charge in [-0.1, -0.05) is 22.9 Å². The minimum Gasteiger partial charge on any atom is -0.464 e. The fourth-order valence-electron chi connectivity index (χ4n) is 2.35.